The Balaban J connectivity index is 2.54. The molecule has 0 heterocycles. The molecular weight excluding hydrogens is 201 g/mol. The minimum absolute atomic E-state index is 0.125. The zero-order valence-electron chi connectivity index (χ0n) is 8.14. The van der Waals surface area contributed by atoms with Gasteiger partial charge in [-0.2, -0.15) is 0 Å². The van der Waals surface area contributed by atoms with Crippen LogP contribution in [-0.4, -0.2) is 31.1 Å². The number of nitrogens with zero attached hydrogens (tertiary/aromatic N) is 1. The van der Waals surface area contributed by atoms with Gasteiger partial charge in [-0.05, 0) is 24.3 Å². The van der Waals surface area contributed by atoms with E-state index in [4.69, 9.17) is 4.74 Å². The van der Waals surface area contributed by atoms with E-state index in [1.165, 1.54) is 36.2 Å². The van der Waals surface area contributed by atoms with E-state index in [1.54, 1.807) is 0 Å². The Morgan fingerprint density at radius 1 is 1.47 bits per heavy atom. The number of amides is 1. The Morgan fingerprint density at radius 3 is 2.60 bits per heavy atom. The summed E-state index contributed by atoms with van der Waals surface area (Å²) in [5.74, 6) is -1.01. The summed E-state index contributed by atoms with van der Waals surface area (Å²) in [6, 6.07) is 4.97. The fourth-order valence-electron chi connectivity index (χ4n) is 0.860. The van der Waals surface area contributed by atoms with Gasteiger partial charge >= 0.3 is 5.97 Å². The van der Waals surface area contributed by atoms with Gasteiger partial charge in [0.05, 0.1) is 5.56 Å². The topological polar surface area (TPSA) is 46.6 Å². The molecule has 1 aromatic rings. The van der Waals surface area contributed by atoms with Crippen LogP contribution in [0.25, 0.3) is 0 Å². The van der Waals surface area contributed by atoms with Crippen molar-refractivity contribution in [2.45, 2.75) is 0 Å². The van der Waals surface area contributed by atoms with Crippen LogP contribution in [0.2, 0.25) is 0 Å². The highest BCUT2D eigenvalue weighted by Crippen LogP contribution is 2.04. The van der Waals surface area contributed by atoms with Gasteiger partial charge in [0, 0.05) is 7.05 Å². The van der Waals surface area contributed by atoms with Crippen LogP contribution in [0.15, 0.2) is 24.3 Å². The van der Waals surface area contributed by atoms with Crippen LogP contribution in [0.5, 0.6) is 0 Å². The maximum atomic E-state index is 12.5. The van der Waals surface area contributed by atoms with E-state index in [2.05, 4.69) is 0 Å². The van der Waals surface area contributed by atoms with Crippen molar-refractivity contribution in [3.8, 4) is 0 Å². The highest BCUT2D eigenvalue weighted by atomic mass is 19.1. The Hall–Kier alpha value is -1.91. The zero-order chi connectivity index (χ0) is 11.3. The number of rotatable bonds is 4. The summed E-state index contributed by atoms with van der Waals surface area (Å²) in [4.78, 5) is 22.6. The first-order chi connectivity index (χ1) is 7.13. The van der Waals surface area contributed by atoms with E-state index in [0.29, 0.717) is 6.41 Å². The van der Waals surface area contributed by atoms with Crippen molar-refractivity contribution in [3.63, 3.8) is 0 Å². The van der Waals surface area contributed by atoms with E-state index in [1.807, 2.05) is 0 Å². The van der Waals surface area contributed by atoms with Gasteiger partial charge in [-0.3, -0.25) is 4.79 Å². The average molecular weight is 211 g/mol. The molecule has 0 atom stereocenters. The lowest BCUT2D eigenvalue weighted by atomic mass is 10.2. The lowest BCUT2D eigenvalue weighted by Gasteiger charge is -2.10. The maximum absolute atomic E-state index is 12.5. The lowest BCUT2D eigenvalue weighted by molar-refractivity contribution is -0.120. The molecular formula is C10H10FNO3. The molecule has 0 aromatic heterocycles. The first-order valence-corrected chi connectivity index (χ1v) is 4.21. The summed E-state index contributed by atoms with van der Waals surface area (Å²) in [6.45, 7) is -0.125. The Kier molecular flexibility index (Phi) is 3.79. The molecule has 1 amide bonds. The highest BCUT2D eigenvalue weighted by molar-refractivity contribution is 5.89. The second-order valence-corrected chi connectivity index (χ2v) is 2.93. The van der Waals surface area contributed by atoms with Gasteiger partial charge in [0.2, 0.25) is 6.41 Å². The van der Waals surface area contributed by atoms with Crippen LogP contribution in [0.3, 0.4) is 0 Å². The van der Waals surface area contributed by atoms with Gasteiger partial charge in [-0.25, -0.2) is 9.18 Å². The number of carbonyl (C=O) groups excluding carboxylic acids is 2. The van der Waals surface area contributed by atoms with Gasteiger partial charge in [-0.1, -0.05) is 0 Å². The summed E-state index contributed by atoms with van der Waals surface area (Å²) in [5.41, 5.74) is 0.246. The lowest BCUT2D eigenvalue weighted by Crippen LogP contribution is -2.22. The van der Waals surface area contributed by atoms with Crippen molar-refractivity contribution in [3.05, 3.63) is 35.6 Å². The molecule has 0 radical (unpaired) electrons. The molecule has 1 aromatic carbocycles. The third-order valence-electron chi connectivity index (χ3n) is 1.66. The SMILES string of the molecule is CN(C=O)COC(=O)c1ccc(F)cc1. The molecule has 0 fully saturated rings. The molecule has 1 rings (SSSR count). The number of benzene rings is 1. The van der Waals surface area contributed by atoms with E-state index >= 15 is 0 Å². The highest BCUT2D eigenvalue weighted by Gasteiger charge is 2.07. The molecule has 0 aliphatic rings. The monoisotopic (exact) mass is 211 g/mol. The molecule has 80 valence electrons. The van der Waals surface area contributed by atoms with Gasteiger partial charge in [0.25, 0.3) is 0 Å². The second-order valence-electron chi connectivity index (χ2n) is 2.93. The Labute approximate surface area is 86.3 Å². The standard InChI is InChI=1S/C10H10FNO3/c1-12(6-13)7-15-10(14)8-2-4-9(11)5-3-8/h2-6H,7H2,1H3. The van der Waals surface area contributed by atoms with Crippen LogP contribution in [0.1, 0.15) is 10.4 Å². The normalized spacial score (nSPS) is 9.47. The number of halogens is 1. The summed E-state index contributed by atoms with van der Waals surface area (Å²) in [6.07, 6.45) is 0.540. The summed E-state index contributed by atoms with van der Waals surface area (Å²) >= 11 is 0. The minimum atomic E-state index is -0.594. The molecule has 15 heavy (non-hydrogen) atoms. The maximum Gasteiger partial charge on any atom is 0.339 e. The van der Waals surface area contributed by atoms with Crippen LogP contribution < -0.4 is 0 Å². The van der Waals surface area contributed by atoms with E-state index in [9.17, 15) is 14.0 Å². The van der Waals surface area contributed by atoms with E-state index in [-0.39, 0.29) is 12.3 Å². The van der Waals surface area contributed by atoms with Crippen LogP contribution in [0.4, 0.5) is 4.39 Å². The van der Waals surface area contributed by atoms with E-state index in [0.717, 1.165) is 0 Å². The number of esters is 1. The van der Waals surface area contributed by atoms with Gasteiger partial charge in [0.1, 0.15) is 5.82 Å². The zero-order valence-corrected chi connectivity index (χ0v) is 8.14. The molecule has 0 bridgehead atoms. The first-order valence-electron chi connectivity index (χ1n) is 4.21. The number of hydrogen-bond donors (Lipinski definition) is 0. The van der Waals surface area contributed by atoms with Crippen molar-refractivity contribution in [2.75, 3.05) is 13.8 Å². The number of hydrogen-bond acceptors (Lipinski definition) is 3. The Morgan fingerprint density at radius 2 is 2.07 bits per heavy atom. The number of ether oxygens (including phenoxy) is 1. The summed E-state index contributed by atoms with van der Waals surface area (Å²) < 4.78 is 17.3. The molecule has 0 N–H and O–H groups in total. The smallest absolute Gasteiger partial charge is 0.339 e. The van der Waals surface area contributed by atoms with E-state index < -0.39 is 11.8 Å². The van der Waals surface area contributed by atoms with Crippen molar-refractivity contribution in [1.82, 2.24) is 4.90 Å². The fourth-order valence-corrected chi connectivity index (χ4v) is 0.860. The predicted molar refractivity (Wildman–Crippen MR) is 50.5 cm³/mol. The summed E-state index contributed by atoms with van der Waals surface area (Å²) in [7, 11) is 1.48. The molecule has 0 saturated carbocycles. The minimum Gasteiger partial charge on any atom is -0.441 e. The van der Waals surface area contributed by atoms with Crippen LogP contribution in [-0.2, 0) is 9.53 Å². The average Bonchev–Trinajstić information content (AvgIpc) is 2.26. The second kappa shape index (κ2) is 5.09. The van der Waals surface area contributed by atoms with Crippen molar-refractivity contribution >= 4 is 12.4 Å². The van der Waals surface area contributed by atoms with Gasteiger partial charge < -0.3 is 9.64 Å². The van der Waals surface area contributed by atoms with Crippen molar-refractivity contribution in [2.24, 2.45) is 0 Å². The summed E-state index contributed by atoms with van der Waals surface area (Å²) in [5, 5.41) is 0. The van der Waals surface area contributed by atoms with Gasteiger partial charge in [0.15, 0.2) is 6.73 Å². The third kappa shape index (κ3) is 3.38. The largest absolute Gasteiger partial charge is 0.441 e. The van der Waals surface area contributed by atoms with Crippen LogP contribution >= 0.6 is 0 Å². The van der Waals surface area contributed by atoms with Crippen molar-refractivity contribution < 1.29 is 18.7 Å². The molecule has 0 spiro atoms. The first kappa shape index (κ1) is 11.2. The third-order valence-corrected chi connectivity index (χ3v) is 1.66. The molecule has 0 unspecified atom stereocenters. The Bertz CT molecular complexity index is 350. The molecule has 5 heteroatoms. The molecule has 0 saturated heterocycles. The molecule has 0 aliphatic carbocycles. The number of carbonyl (C=O) groups is 2. The predicted octanol–water partition coefficient (Wildman–Crippen LogP) is 1.03. The fraction of sp³-hybridized carbons (Fsp3) is 0.200. The quantitative estimate of drug-likeness (QED) is 0.424. The molecule has 4 nitrogen and oxygen atoms in total. The van der Waals surface area contributed by atoms with Gasteiger partial charge in [-0.15, -0.1) is 0 Å². The van der Waals surface area contributed by atoms with Crippen molar-refractivity contribution in [1.29, 1.82) is 0 Å². The van der Waals surface area contributed by atoms with Crippen LogP contribution in [0, 0.1) is 5.82 Å². The molecule has 0 aliphatic heterocycles.